The molecule has 0 aromatic heterocycles. The van der Waals surface area contributed by atoms with Crippen LogP contribution in [0.4, 0.5) is 10.1 Å². The Kier molecular flexibility index (Phi) is 5.11. The van der Waals surface area contributed by atoms with Gasteiger partial charge in [-0.3, -0.25) is 4.72 Å². The number of sulfonamides is 2. The minimum Gasteiger partial charge on any atom is -0.465 e. The van der Waals surface area contributed by atoms with Gasteiger partial charge in [-0.1, -0.05) is 6.07 Å². The van der Waals surface area contributed by atoms with Crippen LogP contribution in [0.1, 0.15) is 10.4 Å². The summed E-state index contributed by atoms with van der Waals surface area (Å²) in [7, 11) is -7.39. The summed E-state index contributed by atoms with van der Waals surface area (Å²) in [6.45, 7) is 0. The molecule has 0 saturated carbocycles. The summed E-state index contributed by atoms with van der Waals surface area (Å²) >= 11 is 0. The second-order valence-electron chi connectivity index (χ2n) is 4.82. The van der Waals surface area contributed by atoms with Crippen LogP contribution in [0.2, 0.25) is 0 Å². The standard InChI is InChI=1S/C14H13FN2O6S2/c1-23-14(18)9-5-6-12(15)13(7-9)25(21,22)17-10-3-2-4-11(8-10)24(16,19)20/h2-8,17H,1H3,(H2,16,19,20). The third-order valence-corrected chi connectivity index (χ3v) is 5.36. The van der Waals surface area contributed by atoms with Crippen molar-refractivity contribution in [1.82, 2.24) is 0 Å². The van der Waals surface area contributed by atoms with Gasteiger partial charge in [0.05, 0.1) is 23.3 Å². The number of halogens is 1. The van der Waals surface area contributed by atoms with Crippen molar-refractivity contribution < 1.29 is 30.8 Å². The first kappa shape index (κ1) is 18.8. The zero-order valence-electron chi connectivity index (χ0n) is 12.8. The maximum atomic E-state index is 13.9. The number of carbonyl (C=O) groups excluding carboxylic acids is 1. The first-order valence-electron chi connectivity index (χ1n) is 6.58. The average Bonchev–Trinajstić information content (AvgIpc) is 2.53. The van der Waals surface area contributed by atoms with Crippen molar-refractivity contribution in [2.75, 3.05) is 11.8 Å². The lowest BCUT2D eigenvalue weighted by Crippen LogP contribution is -2.17. The molecule has 2 aromatic rings. The van der Waals surface area contributed by atoms with Crippen molar-refractivity contribution in [2.24, 2.45) is 5.14 Å². The van der Waals surface area contributed by atoms with Crippen LogP contribution in [0.25, 0.3) is 0 Å². The van der Waals surface area contributed by atoms with Crippen LogP contribution in [0.15, 0.2) is 52.3 Å². The average molecular weight is 388 g/mol. The van der Waals surface area contributed by atoms with Crippen molar-refractivity contribution in [2.45, 2.75) is 9.79 Å². The van der Waals surface area contributed by atoms with E-state index in [1.54, 1.807) is 0 Å². The summed E-state index contributed by atoms with van der Waals surface area (Å²) in [6.07, 6.45) is 0. The number of ether oxygens (including phenoxy) is 1. The largest absolute Gasteiger partial charge is 0.465 e. The van der Waals surface area contributed by atoms with Crippen LogP contribution in [-0.4, -0.2) is 29.9 Å². The molecular formula is C14H13FN2O6S2. The van der Waals surface area contributed by atoms with Crippen molar-refractivity contribution in [3.8, 4) is 0 Å². The maximum Gasteiger partial charge on any atom is 0.337 e. The number of carbonyl (C=O) groups is 1. The molecule has 0 heterocycles. The second-order valence-corrected chi connectivity index (χ2v) is 8.03. The minimum absolute atomic E-state index is 0.144. The van der Waals surface area contributed by atoms with E-state index in [0.29, 0.717) is 0 Å². The van der Waals surface area contributed by atoms with Crippen LogP contribution < -0.4 is 9.86 Å². The van der Waals surface area contributed by atoms with Gasteiger partial charge in [0.25, 0.3) is 10.0 Å². The van der Waals surface area contributed by atoms with Gasteiger partial charge in [0, 0.05) is 0 Å². The molecule has 0 aliphatic carbocycles. The Balaban J connectivity index is 2.45. The number of anilines is 1. The molecule has 0 aliphatic heterocycles. The Morgan fingerprint density at radius 1 is 1.12 bits per heavy atom. The Bertz CT molecular complexity index is 1040. The normalized spacial score (nSPS) is 11.8. The molecule has 0 unspecified atom stereocenters. The molecule has 3 N–H and O–H groups in total. The highest BCUT2D eigenvalue weighted by molar-refractivity contribution is 7.92. The highest BCUT2D eigenvalue weighted by Gasteiger charge is 2.22. The molecule has 0 aliphatic rings. The molecule has 0 radical (unpaired) electrons. The molecule has 134 valence electrons. The molecule has 0 amide bonds. The van der Waals surface area contributed by atoms with E-state index in [0.717, 1.165) is 31.4 Å². The van der Waals surface area contributed by atoms with Gasteiger partial charge in [0.1, 0.15) is 10.7 Å². The Morgan fingerprint density at radius 2 is 1.80 bits per heavy atom. The smallest absolute Gasteiger partial charge is 0.337 e. The third-order valence-electron chi connectivity index (χ3n) is 3.06. The molecule has 0 spiro atoms. The quantitative estimate of drug-likeness (QED) is 0.736. The lowest BCUT2D eigenvalue weighted by molar-refractivity contribution is 0.0600. The summed E-state index contributed by atoms with van der Waals surface area (Å²) in [5.41, 5.74) is -0.308. The van der Waals surface area contributed by atoms with E-state index in [2.05, 4.69) is 4.74 Å². The Labute approximate surface area is 143 Å². The van der Waals surface area contributed by atoms with Gasteiger partial charge in [-0.15, -0.1) is 0 Å². The highest BCUT2D eigenvalue weighted by atomic mass is 32.2. The van der Waals surface area contributed by atoms with E-state index in [1.165, 1.54) is 18.2 Å². The van der Waals surface area contributed by atoms with Gasteiger partial charge in [-0.05, 0) is 36.4 Å². The fourth-order valence-electron chi connectivity index (χ4n) is 1.90. The topological polar surface area (TPSA) is 133 Å². The van der Waals surface area contributed by atoms with Crippen LogP contribution in [0.3, 0.4) is 0 Å². The van der Waals surface area contributed by atoms with Crippen molar-refractivity contribution in [3.05, 3.63) is 53.8 Å². The number of hydrogen-bond donors (Lipinski definition) is 2. The van der Waals surface area contributed by atoms with E-state index >= 15 is 0 Å². The minimum atomic E-state index is -4.44. The Hall–Kier alpha value is -2.50. The SMILES string of the molecule is COC(=O)c1ccc(F)c(S(=O)(=O)Nc2cccc(S(N)(=O)=O)c2)c1. The predicted octanol–water partition coefficient (Wildman–Crippen LogP) is 1.06. The fraction of sp³-hybridized carbons (Fsp3) is 0.0714. The van der Waals surface area contributed by atoms with E-state index in [4.69, 9.17) is 5.14 Å². The van der Waals surface area contributed by atoms with E-state index in [-0.39, 0.29) is 16.1 Å². The van der Waals surface area contributed by atoms with E-state index in [9.17, 15) is 26.0 Å². The molecular weight excluding hydrogens is 375 g/mol. The molecule has 0 saturated heterocycles. The fourth-order valence-corrected chi connectivity index (χ4v) is 3.61. The first-order valence-corrected chi connectivity index (χ1v) is 9.61. The van der Waals surface area contributed by atoms with Gasteiger partial charge in [0.15, 0.2) is 0 Å². The van der Waals surface area contributed by atoms with Crippen molar-refractivity contribution in [3.63, 3.8) is 0 Å². The second kappa shape index (κ2) is 6.78. The first-order chi connectivity index (χ1) is 11.5. The van der Waals surface area contributed by atoms with Gasteiger partial charge >= 0.3 is 5.97 Å². The summed E-state index contributed by atoms with van der Waals surface area (Å²) < 4.78 is 67.8. The summed E-state index contributed by atoms with van der Waals surface area (Å²) in [5, 5.41) is 4.98. The number of primary sulfonamides is 1. The molecule has 2 aromatic carbocycles. The van der Waals surface area contributed by atoms with Gasteiger partial charge in [0.2, 0.25) is 10.0 Å². The van der Waals surface area contributed by atoms with E-state index in [1.807, 2.05) is 4.72 Å². The lowest BCUT2D eigenvalue weighted by Gasteiger charge is -2.11. The summed E-state index contributed by atoms with van der Waals surface area (Å²) in [4.78, 5) is 10.4. The number of nitrogens with two attached hydrogens (primary N) is 1. The number of esters is 1. The van der Waals surface area contributed by atoms with Crippen LogP contribution in [0, 0.1) is 5.82 Å². The van der Waals surface area contributed by atoms with Gasteiger partial charge < -0.3 is 4.74 Å². The van der Waals surface area contributed by atoms with Gasteiger partial charge in [-0.25, -0.2) is 31.2 Å². The molecule has 25 heavy (non-hydrogen) atoms. The lowest BCUT2D eigenvalue weighted by atomic mass is 10.2. The summed E-state index contributed by atoms with van der Waals surface area (Å²) in [5.74, 6) is -1.93. The predicted molar refractivity (Wildman–Crippen MR) is 86.4 cm³/mol. The monoisotopic (exact) mass is 388 g/mol. The van der Waals surface area contributed by atoms with Crippen LogP contribution in [0.5, 0.6) is 0 Å². The zero-order valence-corrected chi connectivity index (χ0v) is 14.4. The number of nitrogens with one attached hydrogen (secondary N) is 1. The molecule has 11 heteroatoms. The zero-order chi connectivity index (χ0) is 18.8. The molecule has 0 bridgehead atoms. The maximum absolute atomic E-state index is 13.9. The van der Waals surface area contributed by atoms with Crippen LogP contribution >= 0.6 is 0 Å². The van der Waals surface area contributed by atoms with Crippen molar-refractivity contribution in [1.29, 1.82) is 0 Å². The van der Waals surface area contributed by atoms with E-state index < -0.39 is 36.7 Å². The summed E-state index contributed by atoms with van der Waals surface area (Å²) in [6, 6.07) is 7.37. The van der Waals surface area contributed by atoms with Crippen molar-refractivity contribution >= 4 is 31.7 Å². The molecule has 8 nitrogen and oxygen atoms in total. The number of hydrogen-bond acceptors (Lipinski definition) is 6. The molecule has 2 rings (SSSR count). The molecule has 0 atom stereocenters. The number of rotatable bonds is 5. The third kappa shape index (κ3) is 4.32. The molecule has 0 fully saturated rings. The number of methoxy groups -OCH3 is 1. The highest BCUT2D eigenvalue weighted by Crippen LogP contribution is 2.22. The van der Waals surface area contributed by atoms with Gasteiger partial charge in [-0.2, -0.15) is 0 Å². The number of benzene rings is 2. The van der Waals surface area contributed by atoms with Crippen LogP contribution in [-0.2, 0) is 24.8 Å². The Morgan fingerprint density at radius 3 is 2.40 bits per heavy atom.